The van der Waals surface area contributed by atoms with Gasteiger partial charge in [-0.25, -0.2) is 0 Å². The lowest BCUT2D eigenvalue weighted by Gasteiger charge is -2.12. The molecule has 0 radical (unpaired) electrons. The standard InChI is InChI=1S/C9H8Cl3NO/c1-6-4-2-3-5-7(6)13-8(14)9(10,11)12/h2-5H,1H3,(H,13,14). The second-order valence-electron chi connectivity index (χ2n) is 2.77. The zero-order valence-corrected chi connectivity index (χ0v) is 9.62. The van der Waals surface area contributed by atoms with Crippen molar-refractivity contribution < 1.29 is 4.79 Å². The normalized spacial score (nSPS) is 11.1. The second-order valence-corrected chi connectivity index (χ2v) is 5.05. The molecule has 0 unspecified atom stereocenters. The molecule has 1 aromatic rings. The number of carbonyl (C=O) groups excluding carboxylic acids is 1. The van der Waals surface area contributed by atoms with Gasteiger partial charge in [0.25, 0.3) is 9.70 Å². The third-order valence-electron chi connectivity index (χ3n) is 1.65. The molecule has 76 valence electrons. The Morgan fingerprint density at radius 1 is 1.29 bits per heavy atom. The maximum Gasteiger partial charge on any atom is 0.276 e. The first kappa shape index (κ1) is 11.6. The Kier molecular flexibility index (Phi) is 3.65. The van der Waals surface area contributed by atoms with E-state index in [9.17, 15) is 4.79 Å². The van der Waals surface area contributed by atoms with Gasteiger partial charge in [0.05, 0.1) is 0 Å². The zero-order valence-electron chi connectivity index (χ0n) is 7.35. The number of rotatable bonds is 1. The van der Waals surface area contributed by atoms with Crippen molar-refractivity contribution in [2.75, 3.05) is 5.32 Å². The molecule has 1 amide bonds. The largest absolute Gasteiger partial charge is 0.322 e. The molecule has 2 nitrogen and oxygen atoms in total. The summed E-state index contributed by atoms with van der Waals surface area (Å²) in [5.41, 5.74) is 1.55. The van der Waals surface area contributed by atoms with Crippen molar-refractivity contribution in [2.45, 2.75) is 10.7 Å². The number of aryl methyl sites for hydroxylation is 1. The SMILES string of the molecule is Cc1ccccc1NC(=O)C(Cl)(Cl)Cl. The molecule has 1 aromatic carbocycles. The molecule has 1 N–H and O–H groups in total. The maximum absolute atomic E-state index is 11.3. The van der Waals surface area contributed by atoms with E-state index in [4.69, 9.17) is 34.8 Å². The summed E-state index contributed by atoms with van der Waals surface area (Å²) in [6.45, 7) is 1.86. The molecule has 0 heterocycles. The Labute approximate surface area is 97.1 Å². The quantitative estimate of drug-likeness (QED) is 0.764. The lowest BCUT2D eigenvalue weighted by molar-refractivity contribution is -0.115. The molecule has 14 heavy (non-hydrogen) atoms. The minimum Gasteiger partial charge on any atom is -0.322 e. The summed E-state index contributed by atoms with van der Waals surface area (Å²) in [5.74, 6) is -0.656. The van der Waals surface area contributed by atoms with Crippen LogP contribution in [-0.4, -0.2) is 9.70 Å². The molecule has 0 aliphatic rings. The lowest BCUT2D eigenvalue weighted by Crippen LogP contribution is -2.27. The van der Waals surface area contributed by atoms with Crippen molar-refractivity contribution in [3.8, 4) is 0 Å². The smallest absolute Gasteiger partial charge is 0.276 e. The fraction of sp³-hybridized carbons (Fsp3) is 0.222. The van der Waals surface area contributed by atoms with Crippen LogP contribution in [0.4, 0.5) is 5.69 Å². The van der Waals surface area contributed by atoms with Crippen LogP contribution >= 0.6 is 34.8 Å². The molecular formula is C9H8Cl3NO. The minimum absolute atomic E-state index is 0.642. The van der Waals surface area contributed by atoms with Crippen LogP contribution in [0.15, 0.2) is 24.3 Å². The number of hydrogen-bond acceptors (Lipinski definition) is 1. The number of amides is 1. The van der Waals surface area contributed by atoms with Crippen LogP contribution < -0.4 is 5.32 Å². The maximum atomic E-state index is 11.3. The van der Waals surface area contributed by atoms with Gasteiger partial charge >= 0.3 is 0 Å². The third-order valence-corrected chi connectivity index (χ3v) is 2.17. The van der Waals surface area contributed by atoms with Crippen LogP contribution in [0, 0.1) is 6.92 Å². The molecule has 0 atom stereocenters. The molecule has 0 saturated heterocycles. The van der Waals surface area contributed by atoms with Crippen molar-refractivity contribution in [3.63, 3.8) is 0 Å². The van der Waals surface area contributed by atoms with Gasteiger partial charge in [-0.15, -0.1) is 0 Å². The van der Waals surface area contributed by atoms with Gasteiger partial charge in [-0.1, -0.05) is 53.0 Å². The number of halogens is 3. The van der Waals surface area contributed by atoms with Crippen molar-refractivity contribution in [2.24, 2.45) is 0 Å². The van der Waals surface area contributed by atoms with E-state index in [1.165, 1.54) is 0 Å². The van der Waals surface area contributed by atoms with E-state index < -0.39 is 9.70 Å². The van der Waals surface area contributed by atoms with E-state index >= 15 is 0 Å². The number of para-hydroxylation sites is 1. The topological polar surface area (TPSA) is 29.1 Å². The lowest BCUT2D eigenvalue weighted by atomic mass is 10.2. The van der Waals surface area contributed by atoms with E-state index in [-0.39, 0.29) is 0 Å². The highest BCUT2D eigenvalue weighted by Gasteiger charge is 2.30. The predicted octanol–water partition coefficient (Wildman–Crippen LogP) is 3.30. The molecule has 0 aliphatic heterocycles. The Hall–Kier alpha value is -0.440. The summed E-state index contributed by atoms with van der Waals surface area (Å²) in [7, 11) is 0. The van der Waals surface area contributed by atoms with Gasteiger partial charge in [0.1, 0.15) is 0 Å². The average Bonchev–Trinajstić information content (AvgIpc) is 2.07. The van der Waals surface area contributed by atoms with Gasteiger partial charge in [-0.2, -0.15) is 0 Å². The van der Waals surface area contributed by atoms with E-state index in [2.05, 4.69) is 5.32 Å². The molecular weight excluding hydrogens is 244 g/mol. The first-order chi connectivity index (χ1) is 6.41. The highest BCUT2D eigenvalue weighted by Crippen LogP contribution is 2.28. The monoisotopic (exact) mass is 251 g/mol. The number of anilines is 1. The van der Waals surface area contributed by atoms with E-state index in [1.807, 2.05) is 19.1 Å². The Morgan fingerprint density at radius 3 is 2.36 bits per heavy atom. The summed E-state index contributed by atoms with van der Waals surface area (Å²) in [4.78, 5) is 11.3. The van der Waals surface area contributed by atoms with Crippen molar-refractivity contribution in [1.82, 2.24) is 0 Å². The highest BCUT2D eigenvalue weighted by molar-refractivity contribution is 6.76. The van der Waals surface area contributed by atoms with E-state index in [0.29, 0.717) is 5.69 Å². The third kappa shape index (κ3) is 3.05. The predicted molar refractivity (Wildman–Crippen MR) is 60.1 cm³/mol. The Bertz CT molecular complexity index is 346. The summed E-state index contributed by atoms with van der Waals surface area (Å²) in [6.07, 6.45) is 0. The van der Waals surface area contributed by atoms with Crippen LogP contribution in [0.5, 0.6) is 0 Å². The summed E-state index contributed by atoms with van der Waals surface area (Å²) in [5, 5.41) is 2.52. The first-order valence-electron chi connectivity index (χ1n) is 3.85. The molecule has 0 bridgehead atoms. The second kappa shape index (κ2) is 4.39. The molecule has 1 rings (SSSR count). The van der Waals surface area contributed by atoms with Gasteiger partial charge in [-0.3, -0.25) is 4.79 Å². The molecule has 0 saturated carbocycles. The van der Waals surface area contributed by atoms with Gasteiger partial charge in [0, 0.05) is 5.69 Å². The minimum atomic E-state index is -1.93. The van der Waals surface area contributed by atoms with Crippen molar-refractivity contribution >= 4 is 46.4 Å². The zero-order chi connectivity index (χ0) is 10.8. The number of benzene rings is 1. The van der Waals surface area contributed by atoms with E-state index in [0.717, 1.165) is 5.56 Å². The van der Waals surface area contributed by atoms with Crippen LogP contribution in [0.2, 0.25) is 0 Å². The first-order valence-corrected chi connectivity index (χ1v) is 4.98. The van der Waals surface area contributed by atoms with Gasteiger partial charge in [-0.05, 0) is 18.6 Å². The Balaban J connectivity index is 2.80. The van der Waals surface area contributed by atoms with Gasteiger partial charge < -0.3 is 5.32 Å². The molecule has 0 fully saturated rings. The summed E-state index contributed by atoms with van der Waals surface area (Å²) < 4.78 is -1.93. The van der Waals surface area contributed by atoms with Crippen LogP contribution in [0.1, 0.15) is 5.56 Å². The Morgan fingerprint density at radius 2 is 1.86 bits per heavy atom. The number of carbonyl (C=O) groups is 1. The van der Waals surface area contributed by atoms with Crippen LogP contribution in [0.25, 0.3) is 0 Å². The van der Waals surface area contributed by atoms with Crippen molar-refractivity contribution in [1.29, 1.82) is 0 Å². The molecule has 0 aromatic heterocycles. The fourth-order valence-electron chi connectivity index (χ4n) is 0.906. The number of alkyl halides is 3. The average molecular weight is 253 g/mol. The highest BCUT2D eigenvalue weighted by atomic mass is 35.6. The van der Waals surface area contributed by atoms with Crippen LogP contribution in [-0.2, 0) is 4.79 Å². The van der Waals surface area contributed by atoms with E-state index in [1.54, 1.807) is 12.1 Å². The molecule has 0 aliphatic carbocycles. The molecule has 0 spiro atoms. The van der Waals surface area contributed by atoms with Gasteiger partial charge in [0.2, 0.25) is 0 Å². The van der Waals surface area contributed by atoms with Crippen LogP contribution in [0.3, 0.4) is 0 Å². The molecule has 5 heteroatoms. The summed E-state index contributed by atoms with van der Waals surface area (Å²) in [6, 6.07) is 7.25. The fourth-order valence-corrected chi connectivity index (χ4v) is 1.05. The number of hydrogen-bond donors (Lipinski definition) is 1. The van der Waals surface area contributed by atoms with Gasteiger partial charge in [0.15, 0.2) is 0 Å². The van der Waals surface area contributed by atoms with Crippen molar-refractivity contribution in [3.05, 3.63) is 29.8 Å². The summed E-state index contributed by atoms with van der Waals surface area (Å²) >= 11 is 16.2. The number of nitrogens with one attached hydrogen (secondary N) is 1.